The number of aliphatic hydroxyl groups excluding tert-OH is 3. The van der Waals surface area contributed by atoms with Crippen LogP contribution < -0.4 is 0 Å². The van der Waals surface area contributed by atoms with Gasteiger partial charge in [0.15, 0.2) is 0 Å². The Bertz CT molecular complexity index is 415. The number of hydrogen-bond donors (Lipinski definition) is 3. The minimum Gasteiger partial charge on any atom is -0.394 e. The van der Waals surface area contributed by atoms with Gasteiger partial charge in [0.1, 0.15) is 24.4 Å². The average Bonchev–Trinajstić information content (AvgIpc) is 3.15. The zero-order chi connectivity index (χ0) is 22.6. The normalized spacial score (nSPS) is 22.5. The van der Waals surface area contributed by atoms with Crippen LogP contribution in [0.5, 0.6) is 0 Å². The summed E-state index contributed by atoms with van der Waals surface area (Å²) in [6.45, 7) is 2.59. The van der Waals surface area contributed by atoms with E-state index in [4.69, 9.17) is 14.6 Å². The number of rotatable bonds is 21. The van der Waals surface area contributed by atoms with Crippen molar-refractivity contribution in [1.82, 2.24) is 0 Å². The third-order valence-corrected chi connectivity index (χ3v) is 6.20. The number of hydrogen-bond acceptors (Lipinski definition) is 5. The van der Waals surface area contributed by atoms with E-state index in [0.717, 1.165) is 12.8 Å². The van der Waals surface area contributed by atoms with Gasteiger partial charge in [0, 0.05) is 6.61 Å². The van der Waals surface area contributed by atoms with Crippen LogP contribution >= 0.6 is 0 Å². The van der Waals surface area contributed by atoms with E-state index in [0.29, 0.717) is 6.61 Å². The van der Waals surface area contributed by atoms with Crippen molar-refractivity contribution >= 4 is 0 Å². The SMILES string of the molecule is CCCCCCCCCCC/C=C/CCCCCCCO[C@@H]1[C@H]([C@H](O)CO)OC[C@@H]1O. The molecule has 5 nitrogen and oxygen atoms in total. The molecular formula is C26H50O5. The van der Waals surface area contributed by atoms with Crippen molar-refractivity contribution in [2.45, 2.75) is 134 Å². The molecular weight excluding hydrogens is 392 g/mol. The highest BCUT2D eigenvalue weighted by atomic mass is 16.6. The average molecular weight is 443 g/mol. The predicted molar refractivity (Wildman–Crippen MR) is 127 cm³/mol. The molecule has 1 saturated heterocycles. The summed E-state index contributed by atoms with van der Waals surface area (Å²) < 4.78 is 11.1. The van der Waals surface area contributed by atoms with Crippen LogP contribution in [-0.4, -0.2) is 59.6 Å². The van der Waals surface area contributed by atoms with Crippen molar-refractivity contribution in [3.8, 4) is 0 Å². The number of ether oxygens (including phenoxy) is 2. The minimum absolute atomic E-state index is 0.152. The van der Waals surface area contributed by atoms with Gasteiger partial charge in [-0.15, -0.1) is 0 Å². The number of allylic oxidation sites excluding steroid dienone is 2. The van der Waals surface area contributed by atoms with Gasteiger partial charge in [-0.05, 0) is 32.1 Å². The Morgan fingerprint density at radius 2 is 1.35 bits per heavy atom. The molecule has 0 aromatic rings. The molecule has 1 aliphatic heterocycles. The van der Waals surface area contributed by atoms with E-state index < -0.39 is 24.4 Å². The molecule has 0 bridgehead atoms. The molecule has 1 fully saturated rings. The Morgan fingerprint density at radius 3 is 1.90 bits per heavy atom. The summed E-state index contributed by atoms with van der Waals surface area (Å²) in [6.07, 6.45) is 22.5. The van der Waals surface area contributed by atoms with Crippen molar-refractivity contribution in [3.05, 3.63) is 12.2 Å². The maximum absolute atomic E-state index is 9.91. The van der Waals surface area contributed by atoms with Gasteiger partial charge >= 0.3 is 0 Å². The van der Waals surface area contributed by atoms with Gasteiger partial charge in [-0.1, -0.05) is 89.7 Å². The second-order valence-corrected chi connectivity index (χ2v) is 9.10. The maximum Gasteiger partial charge on any atom is 0.114 e. The Morgan fingerprint density at radius 1 is 0.839 bits per heavy atom. The summed E-state index contributed by atoms with van der Waals surface area (Å²) >= 11 is 0. The van der Waals surface area contributed by atoms with Gasteiger partial charge in [-0.25, -0.2) is 0 Å². The smallest absolute Gasteiger partial charge is 0.114 e. The lowest BCUT2D eigenvalue weighted by molar-refractivity contribution is -0.0938. The van der Waals surface area contributed by atoms with Crippen LogP contribution in [0.15, 0.2) is 12.2 Å². The molecule has 1 aliphatic rings. The quantitative estimate of drug-likeness (QED) is 0.166. The first-order valence-electron chi connectivity index (χ1n) is 13.1. The fraction of sp³-hybridized carbons (Fsp3) is 0.923. The van der Waals surface area contributed by atoms with Crippen LogP contribution in [0.2, 0.25) is 0 Å². The molecule has 1 heterocycles. The second-order valence-electron chi connectivity index (χ2n) is 9.10. The van der Waals surface area contributed by atoms with Gasteiger partial charge in [0.25, 0.3) is 0 Å². The molecule has 3 N–H and O–H groups in total. The largest absolute Gasteiger partial charge is 0.394 e. The molecule has 0 unspecified atom stereocenters. The topological polar surface area (TPSA) is 79.2 Å². The Balaban J connectivity index is 1.84. The lowest BCUT2D eigenvalue weighted by Crippen LogP contribution is -2.42. The molecule has 5 heteroatoms. The van der Waals surface area contributed by atoms with Crippen LogP contribution in [0, 0.1) is 0 Å². The summed E-state index contributed by atoms with van der Waals surface area (Å²) in [6, 6.07) is 0. The minimum atomic E-state index is -1.00. The van der Waals surface area contributed by atoms with E-state index in [1.807, 2.05) is 0 Å². The van der Waals surface area contributed by atoms with Gasteiger partial charge in [-0.2, -0.15) is 0 Å². The van der Waals surface area contributed by atoms with Gasteiger partial charge in [0.2, 0.25) is 0 Å². The fourth-order valence-electron chi connectivity index (χ4n) is 4.18. The van der Waals surface area contributed by atoms with E-state index in [2.05, 4.69) is 19.1 Å². The first-order valence-corrected chi connectivity index (χ1v) is 13.1. The summed E-state index contributed by atoms with van der Waals surface area (Å²) in [4.78, 5) is 0. The highest BCUT2D eigenvalue weighted by Crippen LogP contribution is 2.21. The van der Waals surface area contributed by atoms with Crippen molar-refractivity contribution < 1.29 is 24.8 Å². The second kappa shape index (κ2) is 20.2. The Hall–Kier alpha value is -0.460. The summed E-state index contributed by atoms with van der Waals surface area (Å²) in [5, 5.41) is 28.7. The lowest BCUT2D eigenvalue weighted by atomic mass is 10.1. The first kappa shape index (κ1) is 28.6. The highest BCUT2D eigenvalue weighted by Gasteiger charge is 2.40. The fourth-order valence-corrected chi connectivity index (χ4v) is 4.18. The molecule has 0 radical (unpaired) electrons. The van der Waals surface area contributed by atoms with Gasteiger partial charge < -0.3 is 24.8 Å². The molecule has 0 spiro atoms. The molecule has 0 amide bonds. The van der Waals surface area contributed by atoms with Crippen LogP contribution in [0.4, 0.5) is 0 Å². The Kier molecular flexibility index (Phi) is 18.6. The number of unbranched alkanes of at least 4 members (excludes halogenated alkanes) is 14. The van der Waals surface area contributed by atoms with E-state index in [1.165, 1.54) is 89.9 Å². The van der Waals surface area contributed by atoms with Crippen LogP contribution in [0.3, 0.4) is 0 Å². The monoisotopic (exact) mass is 442 g/mol. The standard InChI is InChI=1S/C26H50O5/c1-2-3-4-5-6-7-8-9-10-11-12-13-14-15-16-17-18-19-20-30-26-24(29)22-31-25(26)23(28)21-27/h12-13,23-29H,2-11,14-22H2,1H3/b13-12+/t23-,24+,25+,26+/m1/s1. The van der Waals surface area contributed by atoms with E-state index in [-0.39, 0.29) is 13.2 Å². The van der Waals surface area contributed by atoms with Crippen LogP contribution in [0.1, 0.15) is 110 Å². The number of aliphatic hydroxyl groups is 3. The molecule has 31 heavy (non-hydrogen) atoms. The molecule has 0 aromatic heterocycles. The van der Waals surface area contributed by atoms with E-state index >= 15 is 0 Å². The van der Waals surface area contributed by atoms with Gasteiger partial charge in [0.05, 0.1) is 13.2 Å². The lowest BCUT2D eigenvalue weighted by Gasteiger charge is -2.23. The summed E-state index contributed by atoms with van der Waals surface area (Å²) in [5.74, 6) is 0. The zero-order valence-electron chi connectivity index (χ0n) is 20.1. The van der Waals surface area contributed by atoms with Crippen molar-refractivity contribution in [1.29, 1.82) is 0 Å². The summed E-state index contributed by atoms with van der Waals surface area (Å²) in [5.41, 5.74) is 0. The van der Waals surface area contributed by atoms with Gasteiger partial charge in [-0.3, -0.25) is 0 Å². The predicted octanol–water partition coefficient (Wildman–Crippen LogP) is 5.30. The third-order valence-electron chi connectivity index (χ3n) is 6.20. The molecule has 0 aliphatic carbocycles. The first-order chi connectivity index (χ1) is 15.2. The van der Waals surface area contributed by atoms with Crippen molar-refractivity contribution in [2.75, 3.05) is 19.8 Å². The third kappa shape index (κ3) is 14.3. The van der Waals surface area contributed by atoms with E-state index in [1.54, 1.807) is 0 Å². The maximum atomic E-state index is 9.91. The van der Waals surface area contributed by atoms with Crippen molar-refractivity contribution in [2.24, 2.45) is 0 Å². The highest BCUT2D eigenvalue weighted by molar-refractivity contribution is 4.89. The molecule has 0 saturated carbocycles. The van der Waals surface area contributed by atoms with Crippen LogP contribution in [-0.2, 0) is 9.47 Å². The van der Waals surface area contributed by atoms with Crippen LogP contribution in [0.25, 0.3) is 0 Å². The molecule has 184 valence electrons. The molecule has 0 aromatic carbocycles. The Labute approximate surface area is 191 Å². The summed E-state index contributed by atoms with van der Waals surface area (Å²) in [7, 11) is 0. The van der Waals surface area contributed by atoms with E-state index in [9.17, 15) is 10.2 Å². The zero-order valence-corrected chi connectivity index (χ0v) is 20.1. The molecule has 4 atom stereocenters. The molecule has 1 rings (SSSR count). The van der Waals surface area contributed by atoms with Crippen molar-refractivity contribution in [3.63, 3.8) is 0 Å².